The monoisotopic (exact) mass is 1080 g/mol. The minimum absolute atomic E-state index is 0. The van der Waals surface area contributed by atoms with E-state index in [-0.39, 0.29) is 141 Å². The van der Waals surface area contributed by atoms with Crippen LogP contribution in [-0.2, 0) is 49.4 Å². The van der Waals surface area contributed by atoms with Crippen molar-refractivity contribution in [2.75, 3.05) is 65.7 Å². The van der Waals surface area contributed by atoms with E-state index in [0.29, 0.717) is 32.4 Å². The number of carbonyl (C=O) groups is 1. The molecule has 0 atom stereocenters. The molecule has 1 aliphatic heterocycles. The van der Waals surface area contributed by atoms with Crippen molar-refractivity contribution in [3.05, 3.63) is 83.6 Å². The molecule has 1 amide bonds. The molecule has 34 heteroatoms. The number of nitrogen functional groups attached to an aromatic ring is 2. The Balaban J connectivity index is 0.00000408. The number of nitrogens with two attached hydrogens (primary N) is 2. The number of azo groups is 2. The molecule has 6 rings (SSSR count). The van der Waals surface area contributed by atoms with Gasteiger partial charge < -0.3 is 45.4 Å². The van der Waals surface area contributed by atoms with Crippen molar-refractivity contribution in [3.8, 4) is 0 Å². The molecule has 1 fully saturated rings. The molecule has 1 saturated heterocycles. The molecule has 0 aliphatic carbocycles. The summed E-state index contributed by atoms with van der Waals surface area (Å²) in [4.78, 5) is 25.0. The largest absolute Gasteiger partial charge is 1.00 e. The predicted molar refractivity (Wildman–Crippen MR) is 232 cm³/mol. The van der Waals surface area contributed by atoms with Gasteiger partial charge in [-0.05, 0) is 78.3 Å². The summed E-state index contributed by atoms with van der Waals surface area (Å²) in [5.41, 5.74) is 9.42. The second-order valence-corrected chi connectivity index (χ2v) is 19.3. The number of amides is 1. The summed E-state index contributed by atoms with van der Waals surface area (Å²) < 4.78 is 140. The van der Waals surface area contributed by atoms with E-state index in [1.54, 1.807) is 4.90 Å². The molecule has 1 aliphatic rings. The first-order valence-electron chi connectivity index (χ1n) is 17.9. The molecule has 26 nitrogen and oxygen atoms in total. The Morgan fingerprint density at radius 3 is 2.01 bits per heavy atom. The molecular formula is C35H34ClN12Na3O14S4. The zero-order valence-corrected chi connectivity index (χ0v) is 45.7. The number of carbonyl (C=O) groups excluding carboxylic acids is 1. The van der Waals surface area contributed by atoms with E-state index >= 15 is 0 Å². The van der Waals surface area contributed by atoms with Gasteiger partial charge in [-0.1, -0.05) is 13.5 Å². The van der Waals surface area contributed by atoms with Crippen LogP contribution in [0, 0.1) is 0 Å². The van der Waals surface area contributed by atoms with Gasteiger partial charge in [0.1, 0.15) is 37.3 Å². The maximum atomic E-state index is 13.0. The number of nitrogens with one attached hydrogen (secondary N) is 2. The van der Waals surface area contributed by atoms with Crippen molar-refractivity contribution in [2.45, 2.75) is 22.1 Å². The van der Waals surface area contributed by atoms with Crippen LogP contribution >= 0.6 is 11.6 Å². The third-order valence-electron chi connectivity index (χ3n) is 8.65. The van der Waals surface area contributed by atoms with Gasteiger partial charge in [-0.15, -0.1) is 15.3 Å². The minimum atomic E-state index is -5.36. The Bertz CT molecular complexity index is 3190. The summed E-state index contributed by atoms with van der Waals surface area (Å²) in [6, 6.07) is 13.9. The molecule has 69 heavy (non-hydrogen) atoms. The van der Waals surface area contributed by atoms with Crippen LogP contribution in [0.4, 0.5) is 57.4 Å². The van der Waals surface area contributed by atoms with E-state index in [1.807, 2.05) is 0 Å². The first-order chi connectivity index (χ1) is 30.5. The van der Waals surface area contributed by atoms with Crippen LogP contribution in [0.15, 0.2) is 108 Å². The number of sulfone groups is 1. The number of morpholine rings is 1. The zero-order valence-electron chi connectivity index (χ0n) is 35.6. The molecular weight excluding hydrogens is 1050 g/mol. The molecule has 352 valence electrons. The number of hydrogen-bond acceptors (Lipinski definition) is 25. The Labute approximate surface area is 466 Å². The van der Waals surface area contributed by atoms with Crippen LogP contribution < -0.4 is 116 Å². The molecule has 0 saturated carbocycles. The Morgan fingerprint density at radius 1 is 0.754 bits per heavy atom. The van der Waals surface area contributed by atoms with Gasteiger partial charge in [-0.25, -0.2) is 33.7 Å². The van der Waals surface area contributed by atoms with Crippen LogP contribution in [0.25, 0.3) is 0 Å². The first-order valence-corrected chi connectivity index (χ1v) is 24.1. The summed E-state index contributed by atoms with van der Waals surface area (Å²) >= 11 is 6.12. The fourth-order valence-corrected chi connectivity index (χ4v) is 8.50. The van der Waals surface area contributed by atoms with Crippen LogP contribution in [0.3, 0.4) is 0 Å². The Kier molecular flexibility index (Phi) is 23.1. The van der Waals surface area contributed by atoms with Crippen molar-refractivity contribution < 1.29 is 150 Å². The van der Waals surface area contributed by atoms with Crippen molar-refractivity contribution >= 4 is 115 Å². The molecule has 5 aromatic rings. The van der Waals surface area contributed by atoms with E-state index in [1.165, 1.54) is 48.5 Å². The first kappa shape index (κ1) is 61.8. The fourth-order valence-electron chi connectivity index (χ4n) is 5.60. The van der Waals surface area contributed by atoms with Crippen LogP contribution in [-0.4, -0.2) is 107 Å². The van der Waals surface area contributed by atoms with Gasteiger partial charge in [0, 0.05) is 30.0 Å². The summed E-state index contributed by atoms with van der Waals surface area (Å²) in [5.74, 6) is -1.42. The number of hydrogen-bond donors (Lipinski definition) is 4. The molecule has 0 radical (unpaired) electrons. The molecule has 1 aromatic heterocycles. The summed E-state index contributed by atoms with van der Waals surface area (Å²) in [6.45, 7) is 0.836. The minimum Gasteiger partial charge on any atom is -0.744 e. The van der Waals surface area contributed by atoms with Crippen molar-refractivity contribution in [1.29, 1.82) is 0 Å². The normalized spacial score (nSPS) is 13.1. The molecule has 2 heterocycles. The van der Waals surface area contributed by atoms with Gasteiger partial charge in [0.2, 0.25) is 27.6 Å². The summed E-state index contributed by atoms with van der Waals surface area (Å²) in [5, 5.41) is 20.6. The van der Waals surface area contributed by atoms with Gasteiger partial charge in [0.15, 0.2) is 9.84 Å². The van der Waals surface area contributed by atoms with Gasteiger partial charge >= 0.3 is 88.7 Å². The third-order valence-corrected chi connectivity index (χ3v) is 12.7. The number of halogens is 1. The van der Waals surface area contributed by atoms with E-state index in [9.17, 15) is 52.1 Å². The summed E-state index contributed by atoms with van der Waals surface area (Å²) in [6.07, 6.45) is 0. The van der Waals surface area contributed by atoms with Gasteiger partial charge in [0.25, 0.3) is 5.91 Å². The standard InChI is InChI=1S/C34H33ClN12O14S4.CH4.3Na/c35-32-40-33(42-34(41-32)47-10-12-60-13-11-47)39-22-8-9-26(63(51,52)53)24(17-22)44-45-25-18-27(64(54,55)56)29(37)30(28(25)36)46-43-20-6-4-19(5-7-20)31(48)38-21-2-1-3-23(16-21)62(49,50)15-14-61-65(57,58)59;;;;/h1-9,16-18H,10-15,36-37H2,(H,38,48)(H,51,52,53)(H,54,55,56)(H,57,58,59)(H,39,40,41,42);1H4;;;/q;;3*+1/p-3. The van der Waals surface area contributed by atoms with Gasteiger partial charge in [-0.3, -0.25) is 8.98 Å². The van der Waals surface area contributed by atoms with Crippen LogP contribution in [0.5, 0.6) is 0 Å². The average Bonchev–Trinajstić information content (AvgIpc) is 3.22. The van der Waals surface area contributed by atoms with E-state index in [2.05, 4.69) is 50.2 Å². The van der Waals surface area contributed by atoms with Crippen LogP contribution in [0.1, 0.15) is 17.8 Å². The Hall–Kier alpha value is -3.35. The quantitative estimate of drug-likeness (QED) is 0.0236. The van der Waals surface area contributed by atoms with Crippen molar-refractivity contribution in [2.24, 2.45) is 20.5 Å². The molecule has 6 N–H and O–H groups in total. The predicted octanol–water partition coefficient (Wildman–Crippen LogP) is -4.94. The van der Waals surface area contributed by atoms with Crippen molar-refractivity contribution in [1.82, 2.24) is 15.0 Å². The second-order valence-electron chi connectivity index (χ2n) is 13.1. The zero-order chi connectivity index (χ0) is 47.3. The topological polar surface area (TPSA) is 409 Å². The number of anilines is 6. The molecule has 0 unspecified atom stereocenters. The number of rotatable bonds is 16. The molecule has 4 aromatic carbocycles. The number of nitrogens with zero attached hydrogens (tertiary/aromatic N) is 8. The van der Waals surface area contributed by atoms with Crippen molar-refractivity contribution in [3.63, 3.8) is 0 Å². The second kappa shape index (κ2) is 25.9. The number of ether oxygens (including phenoxy) is 1. The SMILES string of the molecule is C.Nc1c(N=Nc2cc(Nc3nc(Cl)nc(N4CCOCC4)n3)ccc2S(=O)(=O)[O-])cc(S(=O)(=O)[O-])c(N)c1N=Nc1ccc(C(=O)Nc2cccc(S(=O)(=O)CCOS(=O)(=O)[O-])c2)cc1.[Na+].[Na+].[Na+]. The molecule has 0 spiro atoms. The maximum Gasteiger partial charge on any atom is 1.00 e. The Morgan fingerprint density at radius 2 is 1.39 bits per heavy atom. The fraction of sp³-hybridized carbons (Fsp3) is 0.200. The number of benzene rings is 4. The smallest absolute Gasteiger partial charge is 0.744 e. The van der Waals surface area contributed by atoms with E-state index in [4.69, 9.17) is 27.8 Å². The van der Waals surface area contributed by atoms with Gasteiger partial charge in [0.05, 0.1) is 57.3 Å². The van der Waals surface area contributed by atoms with E-state index < -0.39 is 97.0 Å². The van der Waals surface area contributed by atoms with Gasteiger partial charge in [-0.2, -0.15) is 20.1 Å². The van der Waals surface area contributed by atoms with E-state index in [0.717, 1.165) is 18.2 Å². The van der Waals surface area contributed by atoms with Crippen LogP contribution in [0.2, 0.25) is 5.28 Å². The molecule has 0 bridgehead atoms. The summed E-state index contributed by atoms with van der Waals surface area (Å²) in [7, 11) is -19.8. The maximum absolute atomic E-state index is 13.0. The average molecular weight is 1080 g/mol. The number of aromatic nitrogens is 3. The third kappa shape index (κ3) is 17.1.